The maximum absolute atomic E-state index is 11.3. The number of esters is 1. The number of carbonyl (C=O) groups excluding carboxylic acids is 2. The average Bonchev–Trinajstić information content (AvgIpc) is 2.78. The predicted molar refractivity (Wildman–Crippen MR) is 69.0 cm³/mol. The van der Waals surface area contributed by atoms with E-state index < -0.39 is 0 Å². The van der Waals surface area contributed by atoms with E-state index in [9.17, 15) is 9.59 Å². The monoisotopic (exact) mass is 247 g/mol. The second kappa shape index (κ2) is 5.21. The molecule has 18 heavy (non-hydrogen) atoms. The molecule has 0 radical (unpaired) electrons. The van der Waals surface area contributed by atoms with Crippen molar-refractivity contribution in [2.75, 3.05) is 25.1 Å². The highest BCUT2D eigenvalue weighted by atomic mass is 16.5. The molecule has 4 heteroatoms. The van der Waals surface area contributed by atoms with Gasteiger partial charge in [-0.2, -0.15) is 0 Å². The Morgan fingerprint density at radius 3 is 2.83 bits per heavy atom. The average molecular weight is 247 g/mol. The minimum absolute atomic E-state index is 0.0887. The van der Waals surface area contributed by atoms with Crippen molar-refractivity contribution >= 4 is 17.4 Å². The summed E-state index contributed by atoms with van der Waals surface area (Å²) in [5.41, 5.74) is 3.07. The van der Waals surface area contributed by atoms with Gasteiger partial charge in [-0.3, -0.25) is 9.59 Å². The van der Waals surface area contributed by atoms with Crippen LogP contribution in [0.25, 0.3) is 0 Å². The summed E-state index contributed by atoms with van der Waals surface area (Å²) in [6.45, 7) is 3.14. The number of hydrogen-bond donors (Lipinski definition) is 0. The molecule has 0 saturated heterocycles. The van der Waals surface area contributed by atoms with Crippen molar-refractivity contribution in [2.45, 2.75) is 19.8 Å². The van der Waals surface area contributed by atoms with Crippen molar-refractivity contribution in [3.8, 4) is 0 Å². The van der Waals surface area contributed by atoms with Crippen LogP contribution in [-0.2, 0) is 16.0 Å². The van der Waals surface area contributed by atoms with Gasteiger partial charge in [-0.15, -0.1) is 0 Å². The molecule has 1 aromatic carbocycles. The normalized spacial score (nSPS) is 13.3. The molecule has 1 aliphatic rings. The lowest BCUT2D eigenvalue weighted by molar-refractivity contribution is -0.140. The third-order valence-corrected chi connectivity index (χ3v) is 3.29. The Labute approximate surface area is 107 Å². The Bertz CT molecular complexity index is 482. The SMILES string of the molecule is COC(=O)CCN1CCc2cc(C(C)=O)ccc21. The first-order valence-corrected chi connectivity index (χ1v) is 6.07. The van der Waals surface area contributed by atoms with Crippen LogP contribution in [0.5, 0.6) is 0 Å². The standard InChI is InChI=1S/C14H17NO3/c1-10(16)11-3-4-13-12(9-11)5-7-15(13)8-6-14(17)18-2/h3-4,9H,5-8H2,1-2H3. The van der Waals surface area contributed by atoms with Crippen molar-refractivity contribution in [3.63, 3.8) is 0 Å². The molecular weight excluding hydrogens is 230 g/mol. The zero-order valence-electron chi connectivity index (χ0n) is 10.7. The number of methoxy groups -OCH3 is 1. The van der Waals surface area contributed by atoms with Gasteiger partial charge in [-0.25, -0.2) is 0 Å². The minimum Gasteiger partial charge on any atom is -0.469 e. The molecule has 0 bridgehead atoms. The van der Waals surface area contributed by atoms with Gasteiger partial charge in [0.2, 0.25) is 0 Å². The summed E-state index contributed by atoms with van der Waals surface area (Å²) < 4.78 is 4.64. The lowest BCUT2D eigenvalue weighted by Crippen LogP contribution is -2.24. The van der Waals surface area contributed by atoms with Crippen molar-refractivity contribution in [1.82, 2.24) is 0 Å². The molecule has 0 amide bonds. The topological polar surface area (TPSA) is 46.6 Å². The Morgan fingerprint density at radius 1 is 1.39 bits per heavy atom. The van der Waals surface area contributed by atoms with Gasteiger partial charge < -0.3 is 9.64 Å². The first-order chi connectivity index (χ1) is 8.61. The van der Waals surface area contributed by atoms with Crippen LogP contribution in [0.15, 0.2) is 18.2 Å². The molecule has 1 aromatic rings. The van der Waals surface area contributed by atoms with Crippen LogP contribution in [0, 0.1) is 0 Å². The van der Waals surface area contributed by atoms with Crippen molar-refractivity contribution < 1.29 is 14.3 Å². The molecule has 0 unspecified atom stereocenters. The number of carbonyl (C=O) groups is 2. The van der Waals surface area contributed by atoms with E-state index in [4.69, 9.17) is 0 Å². The van der Waals surface area contributed by atoms with E-state index in [0.717, 1.165) is 24.2 Å². The largest absolute Gasteiger partial charge is 0.469 e. The second-order valence-corrected chi connectivity index (χ2v) is 4.46. The van der Waals surface area contributed by atoms with Gasteiger partial charge in [0.25, 0.3) is 0 Å². The number of nitrogens with zero attached hydrogens (tertiary/aromatic N) is 1. The third kappa shape index (κ3) is 2.53. The van der Waals surface area contributed by atoms with Gasteiger partial charge in [-0.1, -0.05) is 0 Å². The lowest BCUT2D eigenvalue weighted by Gasteiger charge is -2.18. The smallest absolute Gasteiger partial charge is 0.307 e. The van der Waals surface area contributed by atoms with Crippen LogP contribution < -0.4 is 4.90 Å². The van der Waals surface area contributed by atoms with Crippen molar-refractivity contribution in [1.29, 1.82) is 0 Å². The number of rotatable bonds is 4. The van der Waals surface area contributed by atoms with E-state index in [-0.39, 0.29) is 11.8 Å². The lowest BCUT2D eigenvalue weighted by atomic mass is 10.1. The highest BCUT2D eigenvalue weighted by Crippen LogP contribution is 2.29. The van der Waals surface area contributed by atoms with Gasteiger partial charge >= 0.3 is 5.97 Å². The molecule has 0 atom stereocenters. The first kappa shape index (κ1) is 12.6. The number of benzene rings is 1. The van der Waals surface area contributed by atoms with Crippen molar-refractivity contribution in [2.24, 2.45) is 0 Å². The molecule has 2 rings (SSSR count). The molecule has 96 valence electrons. The summed E-state index contributed by atoms with van der Waals surface area (Å²) in [4.78, 5) is 24.6. The second-order valence-electron chi connectivity index (χ2n) is 4.46. The summed E-state index contributed by atoms with van der Waals surface area (Å²) in [6, 6.07) is 5.77. The summed E-state index contributed by atoms with van der Waals surface area (Å²) >= 11 is 0. The third-order valence-electron chi connectivity index (χ3n) is 3.29. The number of fused-ring (bicyclic) bond motifs is 1. The number of Topliss-reactive ketones (excluding diaryl/α,β-unsaturated/α-hetero) is 1. The Morgan fingerprint density at radius 2 is 2.17 bits per heavy atom. The van der Waals surface area contributed by atoms with E-state index in [0.29, 0.717) is 13.0 Å². The molecular formula is C14H17NO3. The zero-order valence-corrected chi connectivity index (χ0v) is 10.7. The van der Waals surface area contributed by atoms with E-state index >= 15 is 0 Å². The van der Waals surface area contributed by atoms with Gasteiger partial charge in [0.1, 0.15) is 0 Å². The summed E-state index contributed by atoms with van der Waals surface area (Å²) in [5, 5.41) is 0. The van der Waals surface area contributed by atoms with E-state index in [2.05, 4.69) is 9.64 Å². The summed E-state index contributed by atoms with van der Waals surface area (Å²) in [6.07, 6.45) is 1.32. The van der Waals surface area contributed by atoms with Gasteiger partial charge in [0.05, 0.1) is 13.5 Å². The zero-order chi connectivity index (χ0) is 13.1. The fourth-order valence-electron chi connectivity index (χ4n) is 2.25. The summed E-state index contributed by atoms with van der Waals surface area (Å²) in [5.74, 6) is -0.102. The number of hydrogen-bond acceptors (Lipinski definition) is 4. The molecule has 0 saturated carbocycles. The van der Waals surface area contributed by atoms with Gasteiger partial charge in [0, 0.05) is 24.3 Å². The van der Waals surface area contributed by atoms with Crippen LogP contribution in [-0.4, -0.2) is 32.0 Å². The van der Waals surface area contributed by atoms with Crippen LogP contribution in [0.1, 0.15) is 29.3 Å². The van der Waals surface area contributed by atoms with E-state index in [1.165, 1.54) is 12.7 Å². The molecule has 0 spiro atoms. The highest BCUT2D eigenvalue weighted by molar-refractivity contribution is 5.94. The van der Waals surface area contributed by atoms with Gasteiger partial charge in [-0.05, 0) is 37.1 Å². The predicted octanol–water partition coefficient (Wildman–Crippen LogP) is 1.81. The van der Waals surface area contributed by atoms with Crippen LogP contribution in [0.2, 0.25) is 0 Å². The molecule has 0 fully saturated rings. The van der Waals surface area contributed by atoms with E-state index in [1.54, 1.807) is 6.92 Å². The first-order valence-electron chi connectivity index (χ1n) is 6.07. The maximum atomic E-state index is 11.3. The van der Waals surface area contributed by atoms with Crippen molar-refractivity contribution in [3.05, 3.63) is 29.3 Å². The Hall–Kier alpha value is -1.84. The minimum atomic E-state index is -0.191. The Kier molecular flexibility index (Phi) is 3.65. The molecule has 0 aliphatic carbocycles. The quantitative estimate of drug-likeness (QED) is 0.601. The number of ether oxygens (including phenoxy) is 1. The fraction of sp³-hybridized carbons (Fsp3) is 0.429. The van der Waals surface area contributed by atoms with Crippen LogP contribution in [0.4, 0.5) is 5.69 Å². The summed E-state index contributed by atoms with van der Waals surface area (Å²) in [7, 11) is 1.40. The van der Waals surface area contributed by atoms with Crippen LogP contribution >= 0.6 is 0 Å². The maximum Gasteiger partial charge on any atom is 0.307 e. The molecule has 1 heterocycles. The molecule has 4 nitrogen and oxygen atoms in total. The fourth-order valence-corrected chi connectivity index (χ4v) is 2.25. The highest BCUT2D eigenvalue weighted by Gasteiger charge is 2.20. The molecule has 1 aliphatic heterocycles. The van der Waals surface area contributed by atoms with E-state index in [1.807, 2.05) is 18.2 Å². The molecule has 0 aromatic heterocycles. The number of anilines is 1. The Balaban J connectivity index is 2.09. The number of ketones is 1. The van der Waals surface area contributed by atoms with Crippen LogP contribution in [0.3, 0.4) is 0 Å². The van der Waals surface area contributed by atoms with Gasteiger partial charge in [0.15, 0.2) is 5.78 Å². The molecule has 0 N–H and O–H groups in total.